The van der Waals surface area contributed by atoms with Gasteiger partial charge in [0.1, 0.15) is 11.7 Å². The smallest absolute Gasteiger partial charge is 0.303 e. The van der Waals surface area contributed by atoms with Gasteiger partial charge in [-0.15, -0.1) is 0 Å². The molecule has 19 heavy (non-hydrogen) atoms. The lowest BCUT2D eigenvalue weighted by Crippen LogP contribution is -2.64. The van der Waals surface area contributed by atoms with E-state index in [4.69, 9.17) is 18.9 Å². The molecule has 0 aromatic rings. The van der Waals surface area contributed by atoms with Gasteiger partial charge in [0.05, 0.1) is 5.92 Å². The van der Waals surface area contributed by atoms with Gasteiger partial charge in [0.15, 0.2) is 12.6 Å². The quantitative estimate of drug-likeness (QED) is 0.323. The van der Waals surface area contributed by atoms with E-state index in [1.54, 1.807) is 7.11 Å². The largest absolute Gasteiger partial charge is 0.459 e. The maximum absolute atomic E-state index is 11.3. The van der Waals surface area contributed by atoms with Crippen LogP contribution in [0, 0.1) is 11.8 Å². The van der Waals surface area contributed by atoms with Gasteiger partial charge < -0.3 is 18.9 Å². The van der Waals surface area contributed by atoms with Gasteiger partial charge in [-0.25, -0.2) is 0 Å². The Morgan fingerprint density at radius 1 is 1.63 bits per heavy atom. The van der Waals surface area contributed by atoms with Crippen molar-refractivity contribution >= 4 is 28.6 Å². The van der Waals surface area contributed by atoms with Gasteiger partial charge >= 0.3 is 5.97 Å². The molecule has 0 unspecified atom stereocenters. The average molecular weight is 380 g/mol. The Hall–Kier alpha value is -0.180. The van der Waals surface area contributed by atoms with E-state index >= 15 is 0 Å². The Balaban J connectivity index is 1.99. The third-order valence-corrected chi connectivity index (χ3v) is 5.61. The van der Waals surface area contributed by atoms with Gasteiger partial charge in [-0.1, -0.05) is 29.2 Å². The van der Waals surface area contributed by atoms with Crippen molar-refractivity contribution in [2.45, 2.75) is 37.6 Å². The standard InChI is InChI=1S/C13H17IO5/c1-6-8-4-9(17-7(2)15)13(5-14)10(8)12(16-3)18-11(6)19-13/h8-12H,1,4-5H2,2-3H3/t8-,9-,10-,11-,12+,13+/m0/s1. The molecule has 4 fully saturated rings. The molecule has 0 spiro atoms. The highest BCUT2D eigenvalue weighted by Crippen LogP contribution is 2.59. The summed E-state index contributed by atoms with van der Waals surface area (Å²) in [6, 6.07) is 0. The lowest BCUT2D eigenvalue weighted by Gasteiger charge is -2.53. The number of rotatable bonds is 3. The molecule has 3 aliphatic heterocycles. The van der Waals surface area contributed by atoms with E-state index in [9.17, 15) is 4.79 Å². The Morgan fingerprint density at radius 2 is 2.37 bits per heavy atom. The molecule has 4 rings (SSSR count). The maximum atomic E-state index is 11.3. The number of halogens is 1. The van der Waals surface area contributed by atoms with Crippen LogP contribution < -0.4 is 0 Å². The highest BCUT2D eigenvalue weighted by atomic mass is 127. The van der Waals surface area contributed by atoms with Crippen molar-refractivity contribution in [3.8, 4) is 0 Å². The number of carbonyl (C=O) groups excluding carboxylic acids is 1. The van der Waals surface area contributed by atoms with Crippen LogP contribution >= 0.6 is 22.6 Å². The zero-order chi connectivity index (χ0) is 13.8. The lowest BCUT2D eigenvalue weighted by atomic mass is 9.77. The van der Waals surface area contributed by atoms with Crippen LogP contribution in [-0.2, 0) is 23.7 Å². The highest BCUT2D eigenvalue weighted by molar-refractivity contribution is 14.1. The van der Waals surface area contributed by atoms with Crippen LogP contribution in [0.3, 0.4) is 0 Å². The second-order valence-electron chi connectivity index (χ2n) is 5.32. The van der Waals surface area contributed by atoms with E-state index in [1.807, 2.05) is 0 Å². The number of alkyl halides is 1. The second kappa shape index (κ2) is 4.68. The van der Waals surface area contributed by atoms with E-state index < -0.39 is 11.9 Å². The van der Waals surface area contributed by atoms with Crippen LogP contribution in [0.1, 0.15) is 13.3 Å². The average Bonchev–Trinajstić information content (AvgIpc) is 2.66. The van der Waals surface area contributed by atoms with Crippen LogP contribution in [-0.4, -0.2) is 41.8 Å². The van der Waals surface area contributed by atoms with Crippen LogP contribution in [0.2, 0.25) is 0 Å². The Bertz CT molecular complexity index is 425. The second-order valence-corrected chi connectivity index (χ2v) is 6.08. The molecule has 5 nitrogen and oxygen atoms in total. The molecule has 0 radical (unpaired) electrons. The van der Waals surface area contributed by atoms with E-state index in [0.29, 0.717) is 0 Å². The minimum atomic E-state index is -0.512. The van der Waals surface area contributed by atoms with Gasteiger partial charge in [-0.05, 0) is 17.9 Å². The Labute approximate surface area is 125 Å². The van der Waals surface area contributed by atoms with Crippen molar-refractivity contribution in [2.75, 3.05) is 11.5 Å². The van der Waals surface area contributed by atoms with Crippen molar-refractivity contribution in [3.05, 3.63) is 12.2 Å². The van der Waals surface area contributed by atoms with Crippen LogP contribution in [0.15, 0.2) is 12.2 Å². The Kier molecular flexibility index (Phi) is 3.40. The van der Waals surface area contributed by atoms with E-state index in [2.05, 4.69) is 29.2 Å². The van der Waals surface area contributed by atoms with Gasteiger partial charge in [0.25, 0.3) is 0 Å². The van der Waals surface area contributed by atoms with Gasteiger partial charge in [-0.3, -0.25) is 4.79 Å². The van der Waals surface area contributed by atoms with Crippen molar-refractivity contribution in [1.82, 2.24) is 0 Å². The molecule has 4 aliphatic rings. The summed E-state index contributed by atoms with van der Waals surface area (Å²) >= 11 is 2.28. The molecule has 6 heteroatoms. The third-order valence-electron chi connectivity index (χ3n) is 4.42. The summed E-state index contributed by atoms with van der Waals surface area (Å²) in [6.45, 7) is 5.51. The minimum absolute atomic E-state index is 0.0382. The molecule has 106 valence electrons. The first-order chi connectivity index (χ1) is 9.03. The molecule has 0 N–H and O–H groups in total. The number of hydrogen-bond acceptors (Lipinski definition) is 5. The van der Waals surface area contributed by atoms with Crippen LogP contribution in [0.4, 0.5) is 0 Å². The molecule has 1 saturated carbocycles. The van der Waals surface area contributed by atoms with Gasteiger partial charge in [-0.2, -0.15) is 0 Å². The van der Waals surface area contributed by atoms with Crippen LogP contribution in [0.25, 0.3) is 0 Å². The molecule has 3 saturated heterocycles. The molecule has 6 atom stereocenters. The Morgan fingerprint density at radius 3 is 2.95 bits per heavy atom. The normalized spacial score (nSPS) is 47.5. The van der Waals surface area contributed by atoms with Crippen LogP contribution in [0.5, 0.6) is 0 Å². The number of methoxy groups -OCH3 is 1. The summed E-state index contributed by atoms with van der Waals surface area (Å²) in [6.07, 6.45) is -0.272. The van der Waals surface area contributed by atoms with Gasteiger partial charge in [0.2, 0.25) is 0 Å². The first-order valence-corrected chi connectivity index (χ1v) is 7.84. The maximum Gasteiger partial charge on any atom is 0.303 e. The van der Waals surface area contributed by atoms with Crippen molar-refractivity contribution < 1.29 is 23.7 Å². The van der Waals surface area contributed by atoms with E-state index in [1.165, 1.54) is 6.92 Å². The van der Waals surface area contributed by atoms with E-state index in [0.717, 1.165) is 16.4 Å². The molecule has 4 bridgehead atoms. The van der Waals surface area contributed by atoms with Crippen molar-refractivity contribution in [1.29, 1.82) is 0 Å². The number of fused-ring (bicyclic) bond motifs is 1. The number of esters is 1. The summed E-state index contributed by atoms with van der Waals surface area (Å²) < 4.78 is 23.5. The number of carbonyl (C=O) groups is 1. The summed E-state index contributed by atoms with van der Waals surface area (Å²) in [5, 5.41) is 0. The highest BCUT2D eigenvalue weighted by Gasteiger charge is 2.69. The molecule has 0 aromatic carbocycles. The SMILES string of the molecule is C=C1[C@H]2O[C@@H](OC)[C@@H]3[C@H]1C[C@H](OC(C)=O)[C@@]3(CI)O2. The first-order valence-electron chi connectivity index (χ1n) is 6.31. The number of ether oxygens (including phenoxy) is 4. The molecule has 1 aliphatic carbocycles. The third kappa shape index (κ3) is 1.80. The lowest BCUT2D eigenvalue weighted by molar-refractivity contribution is -0.367. The zero-order valence-corrected chi connectivity index (χ0v) is 13.1. The zero-order valence-electron chi connectivity index (χ0n) is 10.9. The first kappa shape index (κ1) is 13.8. The monoisotopic (exact) mass is 380 g/mol. The van der Waals surface area contributed by atoms with Gasteiger partial charge in [0, 0.05) is 18.5 Å². The fourth-order valence-electron chi connectivity index (χ4n) is 3.62. The molecule has 3 heterocycles. The molecular weight excluding hydrogens is 363 g/mol. The minimum Gasteiger partial charge on any atom is -0.459 e. The summed E-state index contributed by atoms with van der Waals surface area (Å²) in [5.74, 6) is -0.00504. The molecular formula is C13H17IO5. The summed E-state index contributed by atoms with van der Waals surface area (Å²) in [7, 11) is 1.63. The van der Waals surface area contributed by atoms with E-state index in [-0.39, 0.29) is 30.2 Å². The van der Waals surface area contributed by atoms with Crippen molar-refractivity contribution in [3.63, 3.8) is 0 Å². The fraction of sp³-hybridized carbons (Fsp3) is 0.769. The summed E-state index contributed by atoms with van der Waals surface area (Å²) in [4.78, 5) is 11.3. The summed E-state index contributed by atoms with van der Waals surface area (Å²) in [5.41, 5.74) is 0.426. The fourth-order valence-corrected chi connectivity index (χ4v) is 4.80. The predicted molar refractivity (Wildman–Crippen MR) is 74.7 cm³/mol. The van der Waals surface area contributed by atoms with Crippen molar-refractivity contribution in [2.24, 2.45) is 11.8 Å². The molecule has 0 aromatic heterocycles. The topological polar surface area (TPSA) is 54.0 Å². The predicted octanol–water partition coefficient (Wildman–Crippen LogP) is 1.64. The number of hydrogen-bond donors (Lipinski definition) is 0. The molecule has 0 amide bonds.